The van der Waals surface area contributed by atoms with Crippen molar-refractivity contribution in [3.05, 3.63) is 107 Å². The molecule has 6 nitrogen and oxygen atoms in total. The SMILES string of the molecule is C[C@H]1CCC/C=C/[C@@H]2C[C@H](OC(=O)/C=C/c3ccc(C(F)(F)F)cc3)C[C@H]2[C@H](OC(=O)/C=C/c2ccc(C(F)(F)F)cc2)C=CC(=O)O1. The smallest absolute Gasteiger partial charge is 0.416 e. The van der Waals surface area contributed by atoms with Crippen LogP contribution in [0.1, 0.15) is 61.3 Å². The summed E-state index contributed by atoms with van der Waals surface area (Å²) in [4.78, 5) is 38.1. The summed E-state index contributed by atoms with van der Waals surface area (Å²) in [6.07, 6.45) is 3.22. The minimum atomic E-state index is -4.50. The van der Waals surface area contributed by atoms with Crippen molar-refractivity contribution in [1.29, 1.82) is 0 Å². The molecule has 1 aliphatic carbocycles. The maximum atomic E-state index is 12.9. The molecule has 2 aromatic rings. The highest BCUT2D eigenvalue weighted by Gasteiger charge is 2.40. The third-order valence-electron chi connectivity index (χ3n) is 7.98. The van der Waals surface area contributed by atoms with E-state index in [-0.39, 0.29) is 18.4 Å². The number of carbonyl (C=O) groups is 3. The standard InChI is InChI=1S/C36H34F6O6/c1-23-5-3-2-4-6-26-21-29(47-33(44)18-11-24-7-13-27(14-8-24)35(37,38)39)22-30(26)31(17-20-32(43)46-23)48-34(45)19-12-25-9-15-28(16-10-25)36(40,41)42/h4,6-20,23,26,29-31H,2-3,5,21-22H2,1H3/b6-4+,18-11+,19-12+,20-17?/t23-,26+,29-,30+,31+/m0/s1. The Labute approximate surface area is 273 Å². The number of halogens is 6. The highest BCUT2D eigenvalue weighted by atomic mass is 19.4. The topological polar surface area (TPSA) is 78.9 Å². The third kappa shape index (κ3) is 11.0. The Kier molecular flexibility index (Phi) is 12.1. The summed E-state index contributed by atoms with van der Waals surface area (Å²) in [6.45, 7) is 1.78. The molecule has 0 amide bonds. The summed E-state index contributed by atoms with van der Waals surface area (Å²) >= 11 is 0. The molecule has 0 N–H and O–H groups in total. The molecule has 2 aliphatic rings. The molecule has 1 fully saturated rings. The second kappa shape index (κ2) is 16.0. The molecule has 2 aromatic carbocycles. The molecule has 0 saturated heterocycles. The molecule has 1 heterocycles. The number of hydrogen-bond donors (Lipinski definition) is 0. The van der Waals surface area contributed by atoms with Gasteiger partial charge in [0.05, 0.1) is 17.2 Å². The van der Waals surface area contributed by atoms with Crippen LogP contribution in [0, 0.1) is 11.8 Å². The van der Waals surface area contributed by atoms with E-state index in [1.807, 2.05) is 12.2 Å². The molecule has 4 rings (SSSR count). The zero-order valence-corrected chi connectivity index (χ0v) is 25.9. The fourth-order valence-electron chi connectivity index (χ4n) is 5.55. The van der Waals surface area contributed by atoms with Gasteiger partial charge in [0.1, 0.15) is 12.2 Å². The zero-order chi connectivity index (χ0) is 34.9. The lowest BCUT2D eigenvalue weighted by Gasteiger charge is -2.24. The molecule has 256 valence electrons. The van der Waals surface area contributed by atoms with Gasteiger partial charge in [0.25, 0.3) is 0 Å². The van der Waals surface area contributed by atoms with Gasteiger partial charge in [0, 0.05) is 24.1 Å². The third-order valence-corrected chi connectivity index (χ3v) is 7.98. The first-order valence-corrected chi connectivity index (χ1v) is 15.3. The van der Waals surface area contributed by atoms with Crippen molar-refractivity contribution in [2.24, 2.45) is 11.8 Å². The molecule has 0 bridgehead atoms. The molecule has 12 heteroatoms. The highest BCUT2D eigenvalue weighted by molar-refractivity contribution is 5.88. The predicted molar refractivity (Wildman–Crippen MR) is 165 cm³/mol. The number of hydrogen-bond acceptors (Lipinski definition) is 6. The second-order valence-electron chi connectivity index (χ2n) is 11.6. The number of ether oxygens (including phenoxy) is 3. The summed E-state index contributed by atoms with van der Waals surface area (Å²) in [5, 5.41) is 0. The van der Waals surface area contributed by atoms with Crippen LogP contribution in [0.5, 0.6) is 0 Å². The van der Waals surface area contributed by atoms with Crippen molar-refractivity contribution in [2.75, 3.05) is 0 Å². The number of alkyl halides is 6. The lowest BCUT2D eigenvalue weighted by molar-refractivity contribution is -0.146. The van der Waals surface area contributed by atoms with Crippen LogP contribution in [0.2, 0.25) is 0 Å². The van der Waals surface area contributed by atoms with Gasteiger partial charge in [0.2, 0.25) is 0 Å². The molecular formula is C36H34F6O6. The van der Waals surface area contributed by atoms with Crippen LogP contribution in [-0.2, 0) is 40.9 Å². The Bertz CT molecular complexity index is 1540. The lowest BCUT2D eigenvalue weighted by Crippen LogP contribution is -2.27. The van der Waals surface area contributed by atoms with E-state index in [9.17, 15) is 40.7 Å². The molecule has 0 radical (unpaired) electrons. The number of rotatable bonds is 6. The van der Waals surface area contributed by atoms with Crippen LogP contribution in [0.4, 0.5) is 26.3 Å². The summed E-state index contributed by atoms with van der Waals surface area (Å²) in [7, 11) is 0. The van der Waals surface area contributed by atoms with Gasteiger partial charge in [-0.3, -0.25) is 0 Å². The lowest BCUT2D eigenvalue weighted by atomic mass is 9.89. The Morgan fingerprint density at radius 1 is 0.792 bits per heavy atom. The summed E-state index contributed by atoms with van der Waals surface area (Å²) in [5.41, 5.74) is -0.940. The van der Waals surface area contributed by atoms with E-state index in [0.29, 0.717) is 30.4 Å². The van der Waals surface area contributed by atoms with Crippen molar-refractivity contribution >= 4 is 30.1 Å². The van der Waals surface area contributed by atoms with E-state index in [1.54, 1.807) is 6.92 Å². The van der Waals surface area contributed by atoms with Gasteiger partial charge in [-0.2, -0.15) is 26.3 Å². The van der Waals surface area contributed by atoms with Crippen LogP contribution >= 0.6 is 0 Å². The van der Waals surface area contributed by atoms with Crippen molar-refractivity contribution in [1.82, 2.24) is 0 Å². The maximum absolute atomic E-state index is 12.9. The molecule has 48 heavy (non-hydrogen) atoms. The van der Waals surface area contributed by atoms with Gasteiger partial charge in [-0.15, -0.1) is 0 Å². The summed E-state index contributed by atoms with van der Waals surface area (Å²) in [5.74, 6) is -2.79. The average molecular weight is 677 g/mol. The van der Waals surface area contributed by atoms with Gasteiger partial charge in [-0.1, -0.05) is 36.4 Å². The minimum absolute atomic E-state index is 0.225. The van der Waals surface area contributed by atoms with Crippen LogP contribution in [-0.4, -0.2) is 36.2 Å². The van der Waals surface area contributed by atoms with Crippen molar-refractivity contribution in [3.8, 4) is 0 Å². The Morgan fingerprint density at radius 3 is 1.88 bits per heavy atom. The summed E-state index contributed by atoms with van der Waals surface area (Å²) < 4.78 is 94.0. The van der Waals surface area contributed by atoms with E-state index >= 15 is 0 Å². The second-order valence-corrected chi connectivity index (χ2v) is 11.6. The minimum Gasteiger partial charge on any atom is -0.460 e. The van der Waals surface area contributed by atoms with Gasteiger partial charge >= 0.3 is 30.3 Å². The summed E-state index contributed by atoms with van der Waals surface area (Å²) in [6, 6.07) is 8.50. The first-order chi connectivity index (χ1) is 22.7. The maximum Gasteiger partial charge on any atom is 0.416 e. The van der Waals surface area contributed by atoms with Crippen LogP contribution in [0.15, 0.2) is 85.0 Å². The Balaban J connectivity index is 1.49. The number of allylic oxidation sites excluding steroid dienone is 2. The molecular weight excluding hydrogens is 642 g/mol. The molecule has 0 unspecified atom stereocenters. The normalized spacial score (nSPS) is 24.6. The fourth-order valence-corrected chi connectivity index (χ4v) is 5.55. The number of benzene rings is 2. The van der Waals surface area contributed by atoms with Crippen LogP contribution in [0.3, 0.4) is 0 Å². The van der Waals surface area contributed by atoms with Gasteiger partial charge in [-0.05, 0) is 98.6 Å². The molecule has 1 aliphatic heterocycles. The van der Waals surface area contributed by atoms with Crippen molar-refractivity contribution < 1.29 is 54.9 Å². The quantitative estimate of drug-likeness (QED) is 0.100. The van der Waals surface area contributed by atoms with Gasteiger partial charge in [0.15, 0.2) is 0 Å². The van der Waals surface area contributed by atoms with E-state index in [2.05, 4.69) is 0 Å². The van der Waals surface area contributed by atoms with Crippen molar-refractivity contribution in [3.63, 3.8) is 0 Å². The molecule has 1 saturated carbocycles. The van der Waals surface area contributed by atoms with Crippen molar-refractivity contribution in [2.45, 2.75) is 69.7 Å². The number of fused-ring (bicyclic) bond motifs is 1. The fraction of sp³-hybridized carbons (Fsp3) is 0.361. The largest absolute Gasteiger partial charge is 0.460 e. The van der Waals surface area contributed by atoms with Crippen LogP contribution < -0.4 is 0 Å². The predicted octanol–water partition coefficient (Wildman–Crippen LogP) is 8.53. The first-order valence-electron chi connectivity index (χ1n) is 15.3. The molecule has 5 atom stereocenters. The number of carbonyl (C=O) groups excluding carboxylic acids is 3. The number of cyclic esters (lactones) is 1. The van der Waals surface area contributed by atoms with E-state index in [1.165, 1.54) is 48.6 Å². The van der Waals surface area contributed by atoms with Gasteiger partial charge < -0.3 is 14.2 Å². The Hall–Kier alpha value is -4.61. The van der Waals surface area contributed by atoms with Crippen LogP contribution in [0.25, 0.3) is 12.2 Å². The highest BCUT2D eigenvalue weighted by Crippen LogP contribution is 2.39. The van der Waals surface area contributed by atoms with Gasteiger partial charge in [-0.25, -0.2) is 14.4 Å². The molecule has 0 aromatic heterocycles. The molecule has 0 spiro atoms. The van der Waals surface area contributed by atoms with E-state index in [4.69, 9.17) is 14.2 Å². The number of esters is 3. The first kappa shape index (κ1) is 36.2. The zero-order valence-electron chi connectivity index (χ0n) is 25.9. The van der Waals surface area contributed by atoms with E-state index in [0.717, 1.165) is 42.8 Å². The monoisotopic (exact) mass is 676 g/mol. The average Bonchev–Trinajstić information content (AvgIpc) is 3.42. The van der Waals surface area contributed by atoms with E-state index < -0.39 is 59.5 Å². The Morgan fingerprint density at radius 2 is 1.33 bits per heavy atom.